The Bertz CT molecular complexity index is 1180. The number of rotatable bonds is 4. The highest BCUT2D eigenvalue weighted by atomic mass is 32.1. The zero-order chi connectivity index (χ0) is 21.8. The molecule has 0 fully saturated rings. The third kappa shape index (κ3) is 4.81. The number of amides is 2. The lowest BCUT2D eigenvalue weighted by molar-refractivity contribution is 0.0976. The minimum absolute atomic E-state index is 0.130. The molecule has 0 spiro atoms. The standard InChI is InChI=1S/C23H19N3O4S/c1-14-5-2-3-8-18(14)22(28)24-16-6-4-7-17(12-16)25-23(31)26-21(27)15-9-10-19-20(11-15)30-13-29-19/h2-12H,13H2,1H3,(H,24,28)(H2,25,26,27,31). The lowest BCUT2D eigenvalue weighted by Crippen LogP contribution is -2.34. The Kier molecular flexibility index (Phi) is 5.81. The van der Waals surface area contributed by atoms with Crippen LogP contribution in [0, 0.1) is 6.92 Å². The maximum absolute atomic E-state index is 12.5. The van der Waals surface area contributed by atoms with E-state index in [1.807, 2.05) is 25.1 Å². The predicted molar refractivity (Wildman–Crippen MR) is 122 cm³/mol. The van der Waals surface area contributed by atoms with E-state index in [-0.39, 0.29) is 23.7 Å². The van der Waals surface area contributed by atoms with Gasteiger partial charge >= 0.3 is 0 Å². The molecule has 4 rings (SSSR count). The third-order valence-corrected chi connectivity index (χ3v) is 4.83. The number of nitrogens with one attached hydrogen (secondary N) is 3. The zero-order valence-electron chi connectivity index (χ0n) is 16.6. The number of carbonyl (C=O) groups excluding carboxylic acids is 2. The summed E-state index contributed by atoms with van der Waals surface area (Å²) in [6, 6.07) is 19.3. The molecule has 156 valence electrons. The Balaban J connectivity index is 1.38. The maximum atomic E-state index is 12.5. The Morgan fingerprint density at radius 3 is 2.39 bits per heavy atom. The Labute approximate surface area is 184 Å². The van der Waals surface area contributed by atoms with Crippen LogP contribution in [0.3, 0.4) is 0 Å². The van der Waals surface area contributed by atoms with Crippen molar-refractivity contribution in [3.8, 4) is 11.5 Å². The van der Waals surface area contributed by atoms with Crippen LogP contribution in [0.15, 0.2) is 66.7 Å². The van der Waals surface area contributed by atoms with Gasteiger partial charge in [-0.15, -0.1) is 0 Å². The second-order valence-corrected chi connectivity index (χ2v) is 7.23. The lowest BCUT2D eigenvalue weighted by Gasteiger charge is -2.12. The molecule has 3 aromatic rings. The van der Waals surface area contributed by atoms with E-state index in [1.165, 1.54) is 0 Å². The minimum Gasteiger partial charge on any atom is -0.454 e. The van der Waals surface area contributed by atoms with Gasteiger partial charge in [-0.1, -0.05) is 24.3 Å². The first-order valence-corrected chi connectivity index (χ1v) is 9.89. The van der Waals surface area contributed by atoms with E-state index >= 15 is 0 Å². The molecule has 0 unspecified atom stereocenters. The van der Waals surface area contributed by atoms with Gasteiger partial charge in [-0.3, -0.25) is 14.9 Å². The van der Waals surface area contributed by atoms with Gasteiger partial charge < -0.3 is 20.1 Å². The fourth-order valence-corrected chi connectivity index (χ4v) is 3.29. The van der Waals surface area contributed by atoms with E-state index in [1.54, 1.807) is 48.5 Å². The molecule has 1 aliphatic rings. The first kappa shape index (κ1) is 20.4. The van der Waals surface area contributed by atoms with Crippen LogP contribution < -0.4 is 25.4 Å². The molecule has 0 saturated heterocycles. The van der Waals surface area contributed by atoms with Crippen LogP contribution in [0.5, 0.6) is 11.5 Å². The molecule has 0 aliphatic carbocycles. The molecule has 0 atom stereocenters. The van der Waals surface area contributed by atoms with Crippen molar-refractivity contribution in [1.29, 1.82) is 0 Å². The largest absolute Gasteiger partial charge is 0.454 e. The summed E-state index contributed by atoms with van der Waals surface area (Å²) in [6.45, 7) is 2.02. The van der Waals surface area contributed by atoms with Crippen molar-refractivity contribution in [2.24, 2.45) is 0 Å². The summed E-state index contributed by atoms with van der Waals surface area (Å²) in [5, 5.41) is 8.58. The number of hydrogen-bond acceptors (Lipinski definition) is 5. The van der Waals surface area contributed by atoms with Crippen molar-refractivity contribution in [3.05, 3.63) is 83.4 Å². The van der Waals surface area contributed by atoms with Gasteiger partial charge in [0.15, 0.2) is 16.6 Å². The zero-order valence-corrected chi connectivity index (χ0v) is 17.4. The van der Waals surface area contributed by atoms with Crippen molar-refractivity contribution in [3.63, 3.8) is 0 Å². The quantitative estimate of drug-likeness (QED) is 0.537. The van der Waals surface area contributed by atoms with Crippen molar-refractivity contribution in [1.82, 2.24) is 5.32 Å². The second kappa shape index (κ2) is 8.85. The summed E-state index contributed by atoms with van der Waals surface area (Å²) in [6.07, 6.45) is 0. The van der Waals surface area contributed by atoms with Crippen molar-refractivity contribution < 1.29 is 19.1 Å². The van der Waals surface area contributed by atoms with Crippen LogP contribution in [0.1, 0.15) is 26.3 Å². The molecule has 0 bridgehead atoms. The molecular formula is C23H19N3O4S. The molecule has 0 saturated carbocycles. The third-order valence-electron chi connectivity index (χ3n) is 4.63. The van der Waals surface area contributed by atoms with E-state index in [0.717, 1.165) is 5.56 Å². The first-order chi connectivity index (χ1) is 15.0. The van der Waals surface area contributed by atoms with E-state index < -0.39 is 0 Å². The number of aryl methyl sites for hydroxylation is 1. The summed E-state index contributed by atoms with van der Waals surface area (Å²) in [7, 11) is 0. The normalized spacial score (nSPS) is 11.5. The minimum atomic E-state index is -0.375. The van der Waals surface area contributed by atoms with Gasteiger partial charge in [0.05, 0.1) is 0 Å². The van der Waals surface area contributed by atoms with E-state index in [2.05, 4.69) is 16.0 Å². The summed E-state index contributed by atoms with van der Waals surface area (Å²) in [4.78, 5) is 25.0. The Hall–Kier alpha value is -3.91. The molecule has 3 aromatic carbocycles. The van der Waals surface area contributed by atoms with Gasteiger partial charge in [0.1, 0.15) is 0 Å². The number of benzene rings is 3. The van der Waals surface area contributed by atoms with Gasteiger partial charge in [0, 0.05) is 22.5 Å². The highest BCUT2D eigenvalue weighted by molar-refractivity contribution is 7.80. The van der Waals surface area contributed by atoms with Crippen molar-refractivity contribution in [2.45, 2.75) is 6.92 Å². The number of hydrogen-bond donors (Lipinski definition) is 3. The second-order valence-electron chi connectivity index (χ2n) is 6.83. The van der Waals surface area contributed by atoms with E-state index in [0.29, 0.717) is 34.0 Å². The smallest absolute Gasteiger partial charge is 0.257 e. The highest BCUT2D eigenvalue weighted by Gasteiger charge is 2.17. The monoisotopic (exact) mass is 433 g/mol. The number of ether oxygens (including phenoxy) is 2. The van der Waals surface area contributed by atoms with Crippen LogP contribution >= 0.6 is 12.2 Å². The summed E-state index contributed by atoms with van der Waals surface area (Å²) in [5.74, 6) is 0.541. The molecule has 3 N–H and O–H groups in total. The number of carbonyl (C=O) groups is 2. The number of anilines is 2. The van der Waals surface area contributed by atoms with Crippen LogP contribution in [-0.2, 0) is 0 Å². The lowest BCUT2D eigenvalue weighted by atomic mass is 10.1. The fraction of sp³-hybridized carbons (Fsp3) is 0.0870. The van der Waals surface area contributed by atoms with Gasteiger partial charge in [-0.2, -0.15) is 0 Å². The Morgan fingerprint density at radius 1 is 0.839 bits per heavy atom. The first-order valence-electron chi connectivity index (χ1n) is 9.48. The van der Waals surface area contributed by atoms with Crippen LogP contribution in [-0.4, -0.2) is 23.7 Å². The van der Waals surface area contributed by atoms with Gasteiger partial charge in [0.2, 0.25) is 6.79 Å². The van der Waals surface area contributed by atoms with Crippen molar-refractivity contribution in [2.75, 3.05) is 17.4 Å². The average Bonchev–Trinajstić information content (AvgIpc) is 3.22. The number of thiocarbonyl (C=S) groups is 1. The maximum Gasteiger partial charge on any atom is 0.257 e. The molecule has 8 heteroatoms. The van der Waals surface area contributed by atoms with Crippen molar-refractivity contribution >= 4 is 40.5 Å². The van der Waals surface area contributed by atoms with Crippen LogP contribution in [0.25, 0.3) is 0 Å². The molecule has 0 aromatic heterocycles. The molecule has 2 amide bonds. The molecular weight excluding hydrogens is 414 g/mol. The topological polar surface area (TPSA) is 88.7 Å². The molecule has 31 heavy (non-hydrogen) atoms. The van der Waals surface area contributed by atoms with E-state index in [4.69, 9.17) is 21.7 Å². The van der Waals surface area contributed by atoms with Gasteiger partial charge in [-0.25, -0.2) is 0 Å². The summed E-state index contributed by atoms with van der Waals surface area (Å²) >= 11 is 5.25. The SMILES string of the molecule is Cc1ccccc1C(=O)Nc1cccc(NC(=S)NC(=O)c2ccc3c(c2)OCO3)c1. The molecule has 1 aliphatic heterocycles. The van der Waals surface area contributed by atoms with Crippen LogP contribution in [0.2, 0.25) is 0 Å². The average molecular weight is 433 g/mol. The molecule has 1 heterocycles. The fourth-order valence-electron chi connectivity index (χ4n) is 3.08. The molecule has 7 nitrogen and oxygen atoms in total. The van der Waals surface area contributed by atoms with E-state index in [9.17, 15) is 9.59 Å². The highest BCUT2D eigenvalue weighted by Crippen LogP contribution is 2.32. The molecule has 0 radical (unpaired) electrons. The van der Waals surface area contributed by atoms with Crippen LogP contribution in [0.4, 0.5) is 11.4 Å². The summed E-state index contributed by atoms with van der Waals surface area (Å²) < 4.78 is 10.5. The summed E-state index contributed by atoms with van der Waals surface area (Å²) in [5.41, 5.74) is 3.11. The van der Waals surface area contributed by atoms with Gasteiger partial charge in [0.25, 0.3) is 11.8 Å². The van der Waals surface area contributed by atoms with Gasteiger partial charge in [-0.05, 0) is 67.2 Å². The number of fused-ring (bicyclic) bond motifs is 1. The predicted octanol–water partition coefficient (Wildman–Crippen LogP) is 4.10. The Morgan fingerprint density at radius 2 is 1.58 bits per heavy atom.